The smallest absolute Gasteiger partial charge is 0.338 e. The number of aromatic hydroxyl groups is 1. The van der Waals surface area contributed by atoms with Crippen LogP contribution in [0.2, 0.25) is 0 Å². The highest BCUT2D eigenvalue weighted by Crippen LogP contribution is 2.37. The Bertz CT molecular complexity index is 1620. The lowest BCUT2D eigenvalue weighted by Crippen LogP contribution is -2.40. The number of phenolic OH excluding ortho intramolecular Hbond substituents is 1. The molecule has 0 saturated carbocycles. The predicted molar refractivity (Wildman–Crippen MR) is 135 cm³/mol. The van der Waals surface area contributed by atoms with Crippen LogP contribution in [0.1, 0.15) is 31.0 Å². The van der Waals surface area contributed by atoms with Crippen LogP contribution in [0.15, 0.2) is 57.5 Å². The van der Waals surface area contributed by atoms with Gasteiger partial charge in [-0.05, 0) is 32.1 Å². The monoisotopic (exact) mass is 525 g/mol. The van der Waals surface area contributed by atoms with Crippen molar-refractivity contribution in [3.63, 3.8) is 0 Å². The summed E-state index contributed by atoms with van der Waals surface area (Å²) in [4.78, 5) is 42.1. The summed E-state index contributed by atoms with van der Waals surface area (Å²) in [6.45, 7) is 3.45. The van der Waals surface area contributed by atoms with Gasteiger partial charge in [0.2, 0.25) is 5.75 Å². The Morgan fingerprint density at radius 3 is 2.68 bits per heavy atom. The number of para-hydroxylation sites is 1. The van der Waals surface area contributed by atoms with Gasteiger partial charge >= 0.3 is 11.7 Å². The Hall–Kier alpha value is -4.45. The van der Waals surface area contributed by atoms with Crippen molar-refractivity contribution in [1.82, 2.24) is 4.57 Å². The summed E-state index contributed by atoms with van der Waals surface area (Å²) in [5, 5.41) is 21.6. The number of fused-ring (bicyclic) bond motifs is 1. The van der Waals surface area contributed by atoms with E-state index >= 15 is 0 Å². The van der Waals surface area contributed by atoms with Crippen LogP contribution in [0.25, 0.3) is 6.08 Å². The van der Waals surface area contributed by atoms with Crippen molar-refractivity contribution in [2.24, 2.45) is 4.99 Å². The number of rotatable bonds is 7. The van der Waals surface area contributed by atoms with Crippen LogP contribution in [0, 0.1) is 10.1 Å². The minimum absolute atomic E-state index is 0.0966. The van der Waals surface area contributed by atoms with Crippen molar-refractivity contribution in [2.45, 2.75) is 19.9 Å². The van der Waals surface area contributed by atoms with Crippen LogP contribution < -0.4 is 24.4 Å². The van der Waals surface area contributed by atoms with E-state index in [1.807, 2.05) is 0 Å². The van der Waals surface area contributed by atoms with Crippen LogP contribution in [0.3, 0.4) is 0 Å². The van der Waals surface area contributed by atoms with E-state index in [9.17, 15) is 24.8 Å². The van der Waals surface area contributed by atoms with E-state index < -0.39 is 33.9 Å². The van der Waals surface area contributed by atoms with Crippen molar-refractivity contribution in [2.75, 3.05) is 20.8 Å². The number of carbonyl (C=O) groups is 1. The first-order valence-corrected chi connectivity index (χ1v) is 11.9. The Morgan fingerprint density at radius 2 is 2.03 bits per heavy atom. The van der Waals surface area contributed by atoms with Crippen LogP contribution in [-0.4, -0.2) is 41.4 Å². The van der Waals surface area contributed by atoms with Gasteiger partial charge in [0.1, 0.15) is 17.5 Å². The second-order valence-corrected chi connectivity index (χ2v) is 8.89. The number of aromatic nitrogens is 1. The Labute approximate surface area is 214 Å². The Kier molecular flexibility index (Phi) is 7.11. The van der Waals surface area contributed by atoms with E-state index in [0.717, 1.165) is 11.3 Å². The van der Waals surface area contributed by atoms with E-state index in [0.29, 0.717) is 27.6 Å². The fourth-order valence-electron chi connectivity index (χ4n) is 4.08. The third-order valence-corrected chi connectivity index (χ3v) is 6.76. The number of phenols is 1. The highest BCUT2D eigenvalue weighted by molar-refractivity contribution is 7.07. The minimum Gasteiger partial charge on any atom is -0.502 e. The topological polar surface area (TPSA) is 142 Å². The number of thiazole rings is 1. The second-order valence-electron chi connectivity index (χ2n) is 7.88. The van der Waals surface area contributed by atoms with Crippen molar-refractivity contribution in [3.8, 4) is 17.2 Å². The number of ether oxygens (including phenoxy) is 3. The standard InChI is InChI=1S/C25H23N3O8S/c1-5-36-24(31)20-13(2)26-25-27(21(20)16-10-9-15(34-3)12-18(16)35-4)23(30)19(37-25)11-14-7-6-8-17(22(14)29)28(32)33/h6-12,21,29H,5H2,1-4H3/b19-11-. The summed E-state index contributed by atoms with van der Waals surface area (Å²) in [6.07, 6.45) is 1.36. The fourth-order valence-corrected chi connectivity index (χ4v) is 5.12. The van der Waals surface area contributed by atoms with Gasteiger partial charge < -0.3 is 19.3 Å². The van der Waals surface area contributed by atoms with Crippen molar-refractivity contribution in [3.05, 3.63) is 88.6 Å². The number of nitro groups is 1. The average Bonchev–Trinajstić information content (AvgIpc) is 3.18. The molecule has 0 spiro atoms. The molecule has 37 heavy (non-hydrogen) atoms. The number of benzene rings is 2. The number of nitro benzene ring substituents is 1. The zero-order valence-corrected chi connectivity index (χ0v) is 21.2. The molecule has 1 unspecified atom stereocenters. The molecule has 0 saturated heterocycles. The number of nitrogens with zero attached hydrogens (tertiary/aromatic N) is 3. The van der Waals surface area contributed by atoms with Gasteiger partial charge in [-0.15, -0.1) is 0 Å². The van der Waals surface area contributed by atoms with Crippen molar-refractivity contribution >= 4 is 29.1 Å². The molecule has 1 N–H and O–H groups in total. The molecular formula is C25H23N3O8S. The van der Waals surface area contributed by atoms with Crippen LogP contribution in [0.5, 0.6) is 17.2 Å². The summed E-state index contributed by atoms with van der Waals surface area (Å²) >= 11 is 1.03. The Morgan fingerprint density at radius 1 is 1.27 bits per heavy atom. The van der Waals surface area contributed by atoms with Gasteiger partial charge in [0.15, 0.2) is 4.80 Å². The quantitative estimate of drug-likeness (QED) is 0.282. The van der Waals surface area contributed by atoms with E-state index in [-0.39, 0.29) is 22.3 Å². The number of carbonyl (C=O) groups excluding carboxylic acids is 1. The summed E-state index contributed by atoms with van der Waals surface area (Å²) in [7, 11) is 2.97. The lowest BCUT2D eigenvalue weighted by molar-refractivity contribution is -0.385. The molecular weight excluding hydrogens is 502 g/mol. The lowest BCUT2D eigenvalue weighted by Gasteiger charge is -2.26. The van der Waals surface area contributed by atoms with Gasteiger partial charge in [-0.1, -0.05) is 23.5 Å². The number of esters is 1. The van der Waals surface area contributed by atoms with Crippen LogP contribution in [0.4, 0.5) is 5.69 Å². The van der Waals surface area contributed by atoms with E-state index in [4.69, 9.17) is 14.2 Å². The largest absolute Gasteiger partial charge is 0.502 e. The summed E-state index contributed by atoms with van der Waals surface area (Å²) in [6, 6.07) is 8.13. The van der Waals surface area contributed by atoms with E-state index in [1.165, 1.54) is 43.1 Å². The number of hydrogen-bond acceptors (Lipinski definition) is 10. The van der Waals surface area contributed by atoms with Gasteiger partial charge in [0.25, 0.3) is 5.56 Å². The van der Waals surface area contributed by atoms with Gasteiger partial charge in [-0.2, -0.15) is 0 Å². The van der Waals surface area contributed by atoms with E-state index in [2.05, 4.69) is 4.99 Å². The first kappa shape index (κ1) is 25.6. The predicted octanol–water partition coefficient (Wildman–Crippen LogP) is 2.43. The van der Waals surface area contributed by atoms with Gasteiger partial charge in [0, 0.05) is 23.3 Å². The first-order valence-electron chi connectivity index (χ1n) is 11.1. The zero-order chi connectivity index (χ0) is 26.9. The van der Waals surface area contributed by atoms with Crippen molar-refractivity contribution < 1.29 is 29.0 Å². The molecule has 1 aliphatic rings. The molecule has 1 aromatic heterocycles. The molecule has 192 valence electrons. The summed E-state index contributed by atoms with van der Waals surface area (Å²) < 4.78 is 17.7. The molecule has 12 heteroatoms. The summed E-state index contributed by atoms with van der Waals surface area (Å²) in [5.41, 5.74) is 0.148. The molecule has 0 amide bonds. The highest BCUT2D eigenvalue weighted by atomic mass is 32.1. The van der Waals surface area contributed by atoms with Gasteiger partial charge in [-0.3, -0.25) is 19.5 Å². The number of allylic oxidation sites excluding steroid dienone is 1. The van der Waals surface area contributed by atoms with Crippen molar-refractivity contribution in [1.29, 1.82) is 0 Å². The molecule has 2 aromatic carbocycles. The summed E-state index contributed by atoms with van der Waals surface area (Å²) in [5.74, 6) is -0.286. The molecule has 0 fully saturated rings. The zero-order valence-electron chi connectivity index (χ0n) is 20.4. The van der Waals surface area contributed by atoms with Gasteiger partial charge in [-0.25, -0.2) is 9.79 Å². The maximum absolute atomic E-state index is 13.7. The molecule has 4 rings (SSSR count). The SMILES string of the molecule is CCOC(=O)C1=C(C)N=c2s/c(=C\c3cccc([N+](=O)[O-])c3O)c(=O)n2C1c1ccc(OC)cc1OC. The maximum Gasteiger partial charge on any atom is 0.338 e. The van der Waals surface area contributed by atoms with Crippen LogP contribution in [-0.2, 0) is 9.53 Å². The first-order chi connectivity index (χ1) is 17.7. The normalized spacial score (nSPS) is 15.1. The third kappa shape index (κ3) is 4.58. The molecule has 3 aromatic rings. The molecule has 1 aliphatic heterocycles. The number of methoxy groups -OCH3 is 2. The molecule has 1 atom stereocenters. The lowest BCUT2D eigenvalue weighted by atomic mass is 9.95. The highest BCUT2D eigenvalue weighted by Gasteiger charge is 2.35. The fraction of sp³-hybridized carbons (Fsp3) is 0.240. The molecule has 0 bridgehead atoms. The Balaban J connectivity index is 2.01. The number of hydrogen-bond donors (Lipinski definition) is 1. The molecule has 0 radical (unpaired) electrons. The van der Waals surface area contributed by atoms with E-state index in [1.54, 1.807) is 32.0 Å². The second kappa shape index (κ2) is 10.3. The third-order valence-electron chi connectivity index (χ3n) is 5.78. The average molecular weight is 526 g/mol. The molecule has 11 nitrogen and oxygen atoms in total. The molecule has 2 heterocycles. The molecule has 0 aliphatic carbocycles. The van der Waals surface area contributed by atoms with Gasteiger partial charge in [0.05, 0.1) is 41.6 Å². The van der Waals surface area contributed by atoms with Crippen LogP contribution >= 0.6 is 11.3 Å². The minimum atomic E-state index is -0.933. The maximum atomic E-state index is 13.7.